The molecular weight excluding hydrogens is 327 g/mol. The molecule has 2 aromatic rings. The molecule has 2 aromatic heterocycles. The lowest BCUT2D eigenvalue weighted by atomic mass is 9.97. The number of carbonyl (C=O) groups excluding carboxylic acids is 1. The summed E-state index contributed by atoms with van der Waals surface area (Å²) in [5.74, 6) is -1.05. The Morgan fingerprint density at radius 1 is 1.43 bits per heavy atom. The first kappa shape index (κ1) is 16.0. The lowest BCUT2D eigenvalue weighted by Gasteiger charge is -2.33. The van der Waals surface area contributed by atoms with Gasteiger partial charge in [-0.1, -0.05) is 6.07 Å². The number of amides is 1. The Morgan fingerprint density at radius 2 is 2.26 bits per heavy atom. The molecule has 4 nitrogen and oxygen atoms in total. The fraction of sp³-hybridized carbons (Fsp3) is 0.467. The molecule has 3 rings (SSSR count). The van der Waals surface area contributed by atoms with Crippen molar-refractivity contribution >= 4 is 17.2 Å². The van der Waals surface area contributed by atoms with Gasteiger partial charge >= 0.3 is 6.18 Å². The molecule has 1 fully saturated rings. The van der Waals surface area contributed by atoms with Crippen molar-refractivity contribution in [1.82, 2.24) is 14.5 Å². The second kappa shape index (κ2) is 6.35. The molecule has 0 N–H and O–H groups in total. The highest BCUT2D eigenvalue weighted by atomic mass is 32.1. The molecule has 0 bridgehead atoms. The van der Waals surface area contributed by atoms with E-state index in [0.29, 0.717) is 18.8 Å². The molecule has 1 aliphatic rings. The number of nitrogens with zero attached hydrogens (tertiary/aromatic N) is 3. The summed E-state index contributed by atoms with van der Waals surface area (Å²) in [5.41, 5.74) is 0. The lowest BCUT2D eigenvalue weighted by Crippen LogP contribution is -2.45. The zero-order chi connectivity index (χ0) is 16.4. The van der Waals surface area contributed by atoms with Gasteiger partial charge in [0.05, 0.1) is 10.8 Å². The Bertz CT molecular complexity index is 666. The fourth-order valence-electron chi connectivity index (χ4n) is 2.78. The molecule has 124 valence electrons. The summed E-state index contributed by atoms with van der Waals surface area (Å²) in [6.45, 7) is 0.150. The minimum Gasteiger partial charge on any atom is -0.341 e. The van der Waals surface area contributed by atoms with Gasteiger partial charge in [-0.15, -0.1) is 11.3 Å². The van der Waals surface area contributed by atoms with E-state index in [1.807, 2.05) is 17.5 Å². The van der Waals surface area contributed by atoms with E-state index in [2.05, 4.69) is 4.98 Å². The number of likely N-dealkylation sites (tertiary alicyclic amines) is 1. The van der Waals surface area contributed by atoms with E-state index in [1.54, 1.807) is 17.0 Å². The molecule has 1 amide bonds. The van der Waals surface area contributed by atoms with Gasteiger partial charge in [-0.05, 0) is 24.3 Å². The molecule has 0 radical (unpaired) electrons. The summed E-state index contributed by atoms with van der Waals surface area (Å²) in [7, 11) is 0. The third kappa shape index (κ3) is 3.57. The SMILES string of the molecule is O=C(Cn1ccnc1-c1cccs1)N1CCCC(C(F)(F)F)C1. The van der Waals surface area contributed by atoms with Gasteiger partial charge < -0.3 is 9.47 Å². The first-order chi connectivity index (χ1) is 10.9. The van der Waals surface area contributed by atoms with Gasteiger partial charge in [0.1, 0.15) is 12.4 Å². The Labute approximate surface area is 135 Å². The summed E-state index contributed by atoms with van der Waals surface area (Å²) >= 11 is 1.50. The van der Waals surface area contributed by atoms with Crippen molar-refractivity contribution in [3.8, 4) is 10.7 Å². The number of alkyl halides is 3. The summed E-state index contributed by atoms with van der Waals surface area (Å²) in [5, 5.41) is 1.91. The number of halogens is 3. The Morgan fingerprint density at radius 3 is 2.96 bits per heavy atom. The van der Waals surface area contributed by atoms with E-state index < -0.39 is 12.1 Å². The van der Waals surface area contributed by atoms with Crippen molar-refractivity contribution in [3.63, 3.8) is 0 Å². The first-order valence-corrected chi connectivity index (χ1v) is 8.22. The molecule has 1 saturated heterocycles. The van der Waals surface area contributed by atoms with E-state index in [1.165, 1.54) is 16.2 Å². The number of carbonyl (C=O) groups is 1. The Kier molecular flexibility index (Phi) is 4.43. The molecule has 1 atom stereocenters. The van der Waals surface area contributed by atoms with Crippen LogP contribution in [0.15, 0.2) is 29.9 Å². The van der Waals surface area contributed by atoms with Crippen LogP contribution < -0.4 is 0 Å². The molecule has 8 heteroatoms. The Hall–Kier alpha value is -1.83. The topological polar surface area (TPSA) is 38.1 Å². The highest BCUT2D eigenvalue weighted by Gasteiger charge is 2.42. The van der Waals surface area contributed by atoms with Crippen LogP contribution in [-0.4, -0.2) is 39.6 Å². The van der Waals surface area contributed by atoms with Crippen molar-refractivity contribution in [2.24, 2.45) is 5.92 Å². The van der Waals surface area contributed by atoms with Crippen molar-refractivity contribution in [2.45, 2.75) is 25.6 Å². The molecule has 0 aliphatic carbocycles. The van der Waals surface area contributed by atoms with Crippen molar-refractivity contribution < 1.29 is 18.0 Å². The van der Waals surface area contributed by atoms with Crippen LogP contribution in [0, 0.1) is 5.92 Å². The number of thiophene rings is 1. The number of rotatable bonds is 3. The zero-order valence-corrected chi connectivity index (χ0v) is 13.1. The van der Waals surface area contributed by atoms with Gasteiger partial charge in [-0.3, -0.25) is 4.79 Å². The molecule has 23 heavy (non-hydrogen) atoms. The van der Waals surface area contributed by atoms with Crippen LogP contribution in [0.4, 0.5) is 13.2 Å². The average molecular weight is 343 g/mol. The van der Waals surface area contributed by atoms with Gasteiger partial charge in [0.25, 0.3) is 0 Å². The predicted octanol–water partition coefficient (Wildman–Crippen LogP) is 3.41. The number of imidazole rings is 1. The molecule has 1 unspecified atom stereocenters. The summed E-state index contributed by atoms with van der Waals surface area (Å²) in [4.78, 5) is 18.9. The maximum Gasteiger partial charge on any atom is 0.393 e. The molecular formula is C15H16F3N3OS. The van der Waals surface area contributed by atoms with Crippen LogP contribution in [0.2, 0.25) is 0 Å². The minimum atomic E-state index is -4.24. The van der Waals surface area contributed by atoms with Crippen LogP contribution in [0.3, 0.4) is 0 Å². The molecule has 0 saturated carbocycles. The fourth-order valence-corrected chi connectivity index (χ4v) is 3.52. The number of piperidine rings is 1. The molecule has 0 aromatic carbocycles. The minimum absolute atomic E-state index is 0.0117. The lowest BCUT2D eigenvalue weighted by molar-refractivity contribution is -0.188. The van der Waals surface area contributed by atoms with E-state index in [-0.39, 0.29) is 25.4 Å². The Balaban J connectivity index is 1.69. The third-order valence-electron chi connectivity index (χ3n) is 4.00. The third-order valence-corrected chi connectivity index (χ3v) is 4.87. The monoisotopic (exact) mass is 343 g/mol. The van der Waals surface area contributed by atoms with E-state index in [9.17, 15) is 18.0 Å². The van der Waals surface area contributed by atoms with Gasteiger partial charge in [-0.2, -0.15) is 13.2 Å². The van der Waals surface area contributed by atoms with Crippen LogP contribution in [0.25, 0.3) is 10.7 Å². The normalized spacial score (nSPS) is 19.1. The van der Waals surface area contributed by atoms with Crippen molar-refractivity contribution in [3.05, 3.63) is 29.9 Å². The predicted molar refractivity (Wildman–Crippen MR) is 80.9 cm³/mol. The highest BCUT2D eigenvalue weighted by molar-refractivity contribution is 7.13. The first-order valence-electron chi connectivity index (χ1n) is 7.34. The van der Waals surface area contributed by atoms with Gasteiger partial charge in [-0.25, -0.2) is 4.98 Å². The second-order valence-corrected chi connectivity index (χ2v) is 6.52. The second-order valence-electron chi connectivity index (χ2n) is 5.58. The summed E-state index contributed by atoms with van der Waals surface area (Å²) in [6.07, 6.45) is -0.484. The smallest absolute Gasteiger partial charge is 0.341 e. The van der Waals surface area contributed by atoms with Crippen LogP contribution in [0.1, 0.15) is 12.8 Å². The van der Waals surface area contributed by atoms with Crippen LogP contribution in [-0.2, 0) is 11.3 Å². The molecule has 1 aliphatic heterocycles. The van der Waals surface area contributed by atoms with Crippen LogP contribution >= 0.6 is 11.3 Å². The number of hydrogen-bond donors (Lipinski definition) is 0. The van der Waals surface area contributed by atoms with Gasteiger partial charge in [0.2, 0.25) is 5.91 Å². The maximum atomic E-state index is 12.9. The quantitative estimate of drug-likeness (QED) is 0.857. The number of hydrogen-bond acceptors (Lipinski definition) is 3. The maximum absolute atomic E-state index is 12.9. The van der Waals surface area contributed by atoms with Crippen LogP contribution in [0.5, 0.6) is 0 Å². The van der Waals surface area contributed by atoms with Crippen molar-refractivity contribution in [2.75, 3.05) is 13.1 Å². The molecule has 3 heterocycles. The van der Waals surface area contributed by atoms with Crippen molar-refractivity contribution in [1.29, 1.82) is 0 Å². The number of aromatic nitrogens is 2. The summed E-state index contributed by atoms with van der Waals surface area (Å²) in [6, 6.07) is 3.79. The highest BCUT2D eigenvalue weighted by Crippen LogP contribution is 2.33. The zero-order valence-electron chi connectivity index (χ0n) is 12.3. The van der Waals surface area contributed by atoms with Gasteiger partial charge in [0.15, 0.2) is 0 Å². The van der Waals surface area contributed by atoms with E-state index in [0.717, 1.165) is 4.88 Å². The summed E-state index contributed by atoms with van der Waals surface area (Å²) < 4.78 is 40.2. The van der Waals surface area contributed by atoms with E-state index in [4.69, 9.17) is 0 Å². The van der Waals surface area contributed by atoms with Gasteiger partial charge in [0, 0.05) is 25.5 Å². The van der Waals surface area contributed by atoms with E-state index >= 15 is 0 Å². The molecule has 0 spiro atoms. The average Bonchev–Trinajstić information content (AvgIpc) is 3.17. The standard InChI is InChI=1S/C15H16F3N3OS/c16-15(17,18)11-3-1-6-20(9-11)13(22)10-21-7-5-19-14(21)12-4-2-8-23-12/h2,4-5,7-8,11H,1,3,6,9-10H2. The largest absolute Gasteiger partial charge is 0.393 e.